The van der Waals surface area contributed by atoms with E-state index >= 15 is 0 Å². The van der Waals surface area contributed by atoms with Crippen LogP contribution in [0, 0.1) is 11.7 Å². The number of aliphatic imine (C=N–C) groups is 2. The van der Waals surface area contributed by atoms with Gasteiger partial charge in [-0.25, -0.2) is 4.39 Å². The van der Waals surface area contributed by atoms with Crippen molar-refractivity contribution in [1.82, 2.24) is 10.3 Å². The molecular weight excluding hydrogens is 433 g/mol. The number of ketones is 1. The molecule has 0 bridgehead atoms. The molecule has 2 aliphatic heterocycles. The number of Topliss-reactive ketones (excluding diaryl/α,β-unsaturated/α-hetero) is 1. The van der Waals surface area contributed by atoms with Crippen molar-refractivity contribution in [3.05, 3.63) is 71.8 Å². The van der Waals surface area contributed by atoms with Crippen LogP contribution in [0.4, 0.5) is 10.1 Å². The predicted molar refractivity (Wildman–Crippen MR) is 131 cm³/mol. The maximum absolute atomic E-state index is 14.3. The van der Waals surface area contributed by atoms with Crippen LogP contribution in [0.3, 0.4) is 0 Å². The topological polar surface area (TPSA) is 87.0 Å². The van der Waals surface area contributed by atoms with Gasteiger partial charge >= 0.3 is 0 Å². The first-order chi connectivity index (χ1) is 16.5. The quantitative estimate of drug-likeness (QED) is 0.420. The number of hydrogen-bond donors (Lipinski definition) is 1. The number of aromatic nitrogens is 1. The second-order valence-electron chi connectivity index (χ2n) is 8.39. The van der Waals surface area contributed by atoms with E-state index in [0.29, 0.717) is 37.2 Å². The Morgan fingerprint density at radius 2 is 2.09 bits per heavy atom. The van der Waals surface area contributed by atoms with Gasteiger partial charge in [0.1, 0.15) is 11.7 Å². The van der Waals surface area contributed by atoms with Crippen molar-refractivity contribution in [3.63, 3.8) is 0 Å². The second-order valence-corrected chi connectivity index (χ2v) is 8.39. The third-order valence-electron chi connectivity index (χ3n) is 6.28. The zero-order chi connectivity index (χ0) is 24.1. The standard InChI is InChI=1S/C26H28FN5O2/c1-28-25(31-24-19(14-16-30-24)18-8-3-4-9-20(18)27)23(33)11-5-7-17-12-13-21-22(10-6-15-29-21)32(2)26(17)34/h3-10,15,17,19H,11-14,16H2,1-2H3,(H,28,30,31)/b7-5+/t17-,19-/m0/s1. The first-order valence-corrected chi connectivity index (χ1v) is 11.4. The van der Waals surface area contributed by atoms with Crippen LogP contribution in [0.15, 0.2) is 64.7 Å². The maximum Gasteiger partial charge on any atom is 0.233 e. The summed E-state index contributed by atoms with van der Waals surface area (Å²) in [5.74, 6) is -0.377. The summed E-state index contributed by atoms with van der Waals surface area (Å²) in [5.41, 5.74) is 2.28. The molecule has 4 rings (SSSR count). The Labute approximate surface area is 198 Å². The summed E-state index contributed by atoms with van der Waals surface area (Å²) in [6, 6.07) is 10.3. The summed E-state index contributed by atoms with van der Waals surface area (Å²) < 4.78 is 14.3. The minimum atomic E-state index is -0.327. The van der Waals surface area contributed by atoms with E-state index in [-0.39, 0.29) is 41.6 Å². The predicted octanol–water partition coefficient (Wildman–Crippen LogP) is 3.47. The number of allylic oxidation sites excluding steroid dienone is 1. The Morgan fingerprint density at radius 3 is 2.88 bits per heavy atom. The molecule has 2 atom stereocenters. The van der Waals surface area contributed by atoms with Crippen molar-refractivity contribution in [1.29, 1.82) is 0 Å². The number of nitrogens with one attached hydrogen (secondary N) is 1. The number of fused-ring (bicyclic) bond motifs is 1. The lowest BCUT2D eigenvalue weighted by atomic mass is 9.95. The highest BCUT2D eigenvalue weighted by Crippen LogP contribution is 2.28. The summed E-state index contributed by atoms with van der Waals surface area (Å²) in [4.78, 5) is 40.3. The third kappa shape index (κ3) is 4.95. The number of anilines is 1. The molecule has 176 valence electrons. The zero-order valence-corrected chi connectivity index (χ0v) is 19.4. The van der Waals surface area contributed by atoms with Crippen LogP contribution in [-0.4, -0.2) is 49.0 Å². The molecular formula is C26H28FN5O2. The number of pyridine rings is 1. The molecule has 1 amide bonds. The van der Waals surface area contributed by atoms with E-state index in [0.717, 1.165) is 11.4 Å². The van der Waals surface area contributed by atoms with Crippen molar-refractivity contribution in [2.45, 2.75) is 31.6 Å². The molecule has 0 radical (unpaired) electrons. The third-order valence-corrected chi connectivity index (χ3v) is 6.28. The molecule has 34 heavy (non-hydrogen) atoms. The molecule has 8 heteroatoms. The number of hydrogen-bond acceptors (Lipinski definition) is 5. The maximum atomic E-state index is 14.3. The summed E-state index contributed by atoms with van der Waals surface area (Å²) in [5, 5.41) is 3.03. The van der Waals surface area contributed by atoms with Crippen LogP contribution in [0.2, 0.25) is 0 Å². The van der Waals surface area contributed by atoms with Gasteiger partial charge in [0.2, 0.25) is 11.7 Å². The lowest BCUT2D eigenvalue weighted by Crippen LogP contribution is -2.38. The van der Waals surface area contributed by atoms with Gasteiger partial charge in [-0.2, -0.15) is 0 Å². The van der Waals surface area contributed by atoms with Crippen LogP contribution in [-0.2, 0) is 16.0 Å². The highest BCUT2D eigenvalue weighted by atomic mass is 19.1. The molecule has 0 fully saturated rings. The van der Waals surface area contributed by atoms with Crippen molar-refractivity contribution in [2.75, 3.05) is 25.5 Å². The molecule has 1 aromatic carbocycles. The fraction of sp³-hybridized carbons (Fsp3) is 0.346. The van der Waals surface area contributed by atoms with E-state index in [1.54, 1.807) is 48.5 Å². The van der Waals surface area contributed by atoms with Crippen LogP contribution < -0.4 is 10.2 Å². The minimum Gasteiger partial charge on any atom is -0.326 e. The van der Waals surface area contributed by atoms with Crippen LogP contribution in [0.1, 0.15) is 36.4 Å². The monoisotopic (exact) mass is 461 g/mol. The van der Waals surface area contributed by atoms with Crippen molar-refractivity contribution >= 4 is 29.0 Å². The lowest BCUT2D eigenvalue weighted by molar-refractivity contribution is -0.120. The molecule has 2 aliphatic rings. The number of halogens is 1. The summed E-state index contributed by atoms with van der Waals surface area (Å²) in [7, 11) is 3.28. The van der Waals surface area contributed by atoms with E-state index < -0.39 is 0 Å². The van der Waals surface area contributed by atoms with Crippen LogP contribution in [0.5, 0.6) is 0 Å². The van der Waals surface area contributed by atoms with E-state index in [1.807, 2.05) is 12.1 Å². The van der Waals surface area contributed by atoms with E-state index in [4.69, 9.17) is 0 Å². The average Bonchev–Trinajstić information content (AvgIpc) is 3.27. The van der Waals surface area contributed by atoms with E-state index in [2.05, 4.69) is 20.3 Å². The lowest BCUT2D eigenvalue weighted by Gasteiger charge is -2.19. The second kappa shape index (κ2) is 10.5. The number of rotatable bonds is 5. The molecule has 3 heterocycles. The first-order valence-electron chi connectivity index (χ1n) is 11.4. The molecule has 1 aromatic heterocycles. The van der Waals surface area contributed by atoms with E-state index in [9.17, 15) is 14.0 Å². The van der Waals surface area contributed by atoms with Crippen LogP contribution in [0.25, 0.3) is 0 Å². The van der Waals surface area contributed by atoms with Crippen LogP contribution >= 0.6 is 0 Å². The molecule has 0 unspecified atom stereocenters. The van der Waals surface area contributed by atoms with Crippen molar-refractivity contribution in [3.8, 4) is 0 Å². The van der Waals surface area contributed by atoms with Gasteiger partial charge in [-0.05, 0) is 43.0 Å². The Bertz CT molecular complexity index is 1170. The van der Waals surface area contributed by atoms with Gasteiger partial charge in [0.15, 0.2) is 5.84 Å². The largest absolute Gasteiger partial charge is 0.326 e. The van der Waals surface area contributed by atoms with Gasteiger partial charge in [0, 0.05) is 39.2 Å². The average molecular weight is 462 g/mol. The molecule has 0 saturated heterocycles. The fourth-order valence-electron chi connectivity index (χ4n) is 4.45. The SMILES string of the molecule is CN=C(NC1=NCC[C@H]1c1ccccc1F)C(=O)C/C=C/[C@H]1CCc2ncccc2N(C)C1=O. The smallest absolute Gasteiger partial charge is 0.233 e. The number of amidine groups is 2. The number of nitrogens with zero attached hydrogens (tertiary/aromatic N) is 4. The summed E-state index contributed by atoms with van der Waals surface area (Å²) in [6.07, 6.45) is 7.33. The zero-order valence-electron chi connectivity index (χ0n) is 19.4. The molecule has 2 aromatic rings. The van der Waals surface area contributed by atoms with Gasteiger partial charge in [0.25, 0.3) is 0 Å². The Balaban J connectivity index is 1.38. The molecule has 0 aliphatic carbocycles. The highest BCUT2D eigenvalue weighted by molar-refractivity contribution is 6.42. The number of carbonyl (C=O) groups excluding carboxylic acids is 2. The van der Waals surface area contributed by atoms with Crippen molar-refractivity contribution in [2.24, 2.45) is 15.9 Å². The number of amides is 1. The first kappa shape index (κ1) is 23.5. The van der Waals surface area contributed by atoms with Crippen molar-refractivity contribution < 1.29 is 14.0 Å². The summed E-state index contributed by atoms with van der Waals surface area (Å²) >= 11 is 0. The Morgan fingerprint density at radius 1 is 1.26 bits per heavy atom. The van der Waals surface area contributed by atoms with E-state index in [1.165, 1.54) is 13.1 Å². The van der Waals surface area contributed by atoms with Gasteiger partial charge in [-0.1, -0.05) is 30.4 Å². The highest BCUT2D eigenvalue weighted by Gasteiger charge is 2.28. The Hall–Kier alpha value is -3.68. The van der Waals surface area contributed by atoms with Gasteiger partial charge in [0.05, 0.1) is 17.3 Å². The van der Waals surface area contributed by atoms with Gasteiger partial charge < -0.3 is 10.2 Å². The van der Waals surface area contributed by atoms with Gasteiger partial charge in [-0.3, -0.25) is 24.6 Å². The van der Waals surface area contributed by atoms with Gasteiger partial charge in [-0.15, -0.1) is 0 Å². The minimum absolute atomic E-state index is 0.0222. The fourth-order valence-corrected chi connectivity index (χ4v) is 4.45. The molecule has 1 N–H and O–H groups in total. The Kier molecular flexibility index (Phi) is 7.25. The molecule has 7 nitrogen and oxygen atoms in total. The molecule has 0 saturated carbocycles. The summed E-state index contributed by atoms with van der Waals surface area (Å²) in [6.45, 7) is 0.557. The molecule has 0 spiro atoms. The number of aryl methyl sites for hydroxylation is 1. The normalized spacial score (nSPS) is 20.8. The number of benzene rings is 1. The number of carbonyl (C=O) groups is 2.